The summed E-state index contributed by atoms with van der Waals surface area (Å²) in [5.41, 5.74) is 2.05. The normalized spacial score (nSPS) is 14.9. The molecule has 1 heterocycles. The first-order chi connectivity index (χ1) is 8.00. The molecule has 0 aliphatic rings. The number of nitrogens with one attached hydrogen (secondary N) is 1. The molecule has 1 aromatic heterocycles. The van der Waals surface area contributed by atoms with Crippen LogP contribution >= 0.6 is 0 Å². The molecule has 0 aliphatic heterocycles. The van der Waals surface area contributed by atoms with Gasteiger partial charge in [-0.25, -0.2) is 0 Å². The van der Waals surface area contributed by atoms with Crippen LogP contribution < -0.4 is 5.32 Å². The molecule has 0 fully saturated rings. The first-order valence-electron chi connectivity index (χ1n) is 6.19. The molecule has 2 atom stereocenters. The highest BCUT2D eigenvalue weighted by atomic mass is 15.1. The van der Waals surface area contributed by atoms with E-state index in [2.05, 4.69) is 48.1 Å². The van der Waals surface area contributed by atoms with Crippen LogP contribution in [0.25, 0.3) is 0 Å². The molecule has 0 saturated heterocycles. The van der Waals surface area contributed by atoms with Crippen molar-refractivity contribution >= 4 is 0 Å². The Morgan fingerprint density at radius 1 is 1.24 bits per heavy atom. The van der Waals surface area contributed by atoms with Crippen molar-refractivity contribution in [3.05, 3.63) is 23.8 Å². The van der Waals surface area contributed by atoms with Gasteiger partial charge in [-0.1, -0.05) is 0 Å². The predicted molar refractivity (Wildman–Crippen MR) is 71.0 cm³/mol. The minimum Gasteiger partial charge on any atom is -0.309 e. The van der Waals surface area contributed by atoms with Gasteiger partial charge in [0.2, 0.25) is 0 Å². The van der Waals surface area contributed by atoms with Gasteiger partial charge in [-0.15, -0.1) is 0 Å². The van der Waals surface area contributed by atoms with E-state index in [0.29, 0.717) is 6.04 Å². The first-order valence-corrected chi connectivity index (χ1v) is 6.19. The Morgan fingerprint density at radius 3 is 2.47 bits per heavy atom. The van der Waals surface area contributed by atoms with Crippen LogP contribution in [0.5, 0.6) is 0 Å². The largest absolute Gasteiger partial charge is 0.309 e. The van der Waals surface area contributed by atoms with E-state index in [-0.39, 0.29) is 6.04 Å². The number of nitrogens with zero attached hydrogens (tertiary/aromatic N) is 3. The summed E-state index contributed by atoms with van der Waals surface area (Å²) in [4.78, 5) is 10.9. The fraction of sp³-hybridized carbons (Fsp3) is 0.692. The van der Waals surface area contributed by atoms with Gasteiger partial charge in [0, 0.05) is 24.5 Å². The first kappa shape index (κ1) is 14.1. The van der Waals surface area contributed by atoms with Crippen LogP contribution in [-0.4, -0.2) is 41.5 Å². The predicted octanol–water partition coefficient (Wildman–Crippen LogP) is 1.78. The lowest BCUT2D eigenvalue weighted by Crippen LogP contribution is -2.32. The maximum absolute atomic E-state index is 4.39. The Morgan fingerprint density at radius 2 is 1.88 bits per heavy atom. The van der Waals surface area contributed by atoms with Crippen LogP contribution in [0.15, 0.2) is 12.4 Å². The van der Waals surface area contributed by atoms with Gasteiger partial charge >= 0.3 is 0 Å². The van der Waals surface area contributed by atoms with Crippen molar-refractivity contribution in [2.45, 2.75) is 39.3 Å². The van der Waals surface area contributed by atoms with Gasteiger partial charge in [-0.05, 0) is 47.8 Å². The highest BCUT2D eigenvalue weighted by Crippen LogP contribution is 2.13. The van der Waals surface area contributed by atoms with E-state index in [4.69, 9.17) is 0 Å². The lowest BCUT2D eigenvalue weighted by atomic mass is 10.1. The summed E-state index contributed by atoms with van der Waals surface area (Å²) in [5, 5.41) is 3.56. The summed E-state index contributed by atoms with van der Waals surface area (Å²) in [6.45, 7) is 7.46. The fourth-order valence-electron chi connectivity index (χ4n) is 1.88. The Kier molecular flexibility index (Phi) is 5.51. The van der Waals surface area contributed by atoms with Crippen molar-refractivity contribution in [2.24, 2.45) is 0 Å². The van der Waals surface area contributed by atoms with Crippen molar-refractivity contribution in [2.75, 3.05) is 20.6 Å². The van der Waals surface area contributed by atoms with Crippen LogP contribution in [0.4, 0.5) is 0 Å². The average molecular weight is 236 g/mol. The molecule has 0 bridgehead atoms. The smallest absolute Gasteiger partial charge is 0.0782 e. The molecule has 1 N–H and O–H groups in total. The molecule has 0 spiro atoms. The molecule has 2 unspecified atom stereocenters. The molecule has 0 aliphatic carbocycles. The summed E-state index contributed by atoms with van der Waals surface area (Å²) in [5.74, 6) is 0. The SMILES string of the molecule is Cc1nccnc1C(C)NC(C)CCN(C)C. The van der Waals surface area contributed by atoms with Gasteiger partial charge in [0.25, 0.3) is 0 Å². The minimum atomic E-state index is 0.251. The standard InChI is InChI=1S/C13H24N4/c1-10(6-9-17(4)5)16-12(3)13-11(2)14-7-8-15-13/h7-8,10,12,16H,6,9H2,1-5H3. The van der Waals surface area contributed by atoms with E-state index < -0.39 is 0 Å². The number of hydrogen-bond acceptors (Lipinski definition) is 4. The summed E-state index contributed by atoms with van der Waals surface area (Å²) >= 11 is 0. The molecule has 96 valence electrons. The molecule has 4 nitrogen and oxygen atoms in total. The third kappa shape index (κ3) is 4.79. The summed E-state index contributed by atoms with van der Waals surface area (Å²) < 4.78 is 0. The van der Waals surface area contributed by atoms with Crippen molar-refractivity contribution in [1.29, 1.82) is 0 Å². The number of hydrogen-bond donors (Lipinski definition) is 1. The van der Waals surface area contributed by atoms with Crippen LogP contribution in [-0.2, 0) is 0 Å². The molecular weight excluding hydrogens is 212 g/mol. The second kappa shape index (κ2) is 6.67. The zero-order valence-electron chi connectivity index (χ0n) is 11.6. The molecule has 1 rings (SSSR count). The Balaban J connectivity index is 2.49. The average Bonchev–Trinajstić information content (AvgIpc) is 2.26. The number of aromatic nitrogens is 2. The zero-order valence-corrected chi connectivity index (χ0v) is 11.6. The van der Waals surface area contributed by atoms with Crippen LogP contribution in [0, 0.1) is 6.92 Å². The van der Waals surface area contributed by atoms with Crippen LogP contribution in [0.3, 0.4) is 0 Å². The van der Waals surface area contributed by atoms with E-state index >= 15 is 0 Å². The van der Waals surface area contributed by atoms with E-state index in [1.54, 1.807) is 12.4 Å². The third-order valence-corrected chi connectivity index (χ3v) is 2.87. The Hall–Kier alpha value is -1.00. The monoisotopic (exact) mass is 236 g/mol. The van der Waals surface area contributed by atoms with Gasteiger partial charge in [0.05, 0.1) is 11.4 Å². The lowest BCUT2D eigenvalue weighted by molar-refractivity contribution is 0.352. The van der Waals surface area contributed by atoms with E-state index in [1.165, 1.54) is 0 Å². The molecule has 0 radical (unpaired) electrons. The van der Waals surface area contributed by atoms with E-state index in [9.17, 15) is 0 Å². The summed E-state index contributed by atoms with van der Waals surface area (Å²) in [7, 11) is 4.20. The van der Waals surface area contributed by atoms with E-state index in [1.807, 2.05) is 6.92 Å². The summed E-state index contributed by atoms with van der Waals surface area (Å²) in [6, 6.07) is 0.731. The van der Waals surface area contributed by atoms with Crippen LogP contribution in [0.1, 0.15) is 37.7 Å². The third-order valence-electron chi connectivity index (χ3n) is 2.87. The Labute approximate surface area is 104 Å². The summed E-state index contributed by atoms with van der Waals surface area (Å²) in [6.07, 6.45) is 4.63. The Bertz CT molecular complexity index is 338. The second-order valence-electron chi connectivity index (χ2n) is 4.91. The lowest BCUT2D eigenvalue weighted by Gasteiger charge is -2.21. The fourth-order valence-corrected chi connectivity index (χ4v) is 1.88. The van der Waals surface area contributed by atoms with Gasteiger partial charge in [-0.3, -0.25) is 9.97 Å². The van der Waals surface area contributed by atoms with Gasteiger partial charge in [0.15, 0.2) is 0 Å². The highest BCUT2D eigenvalue weighted by molar-refractivity contribution is 5.12. The number of rotatable bonds is 6. The van der Waals surface area contributed by atoms with Crippen molar-refractivity contribution < 1.29 is 0 Å². The zero-order chi connectivity index (χ0) is 12.8. The van der Waals surface area contributed by atoms with Crippen molar-refractivity contribution in [3.63, 3.8) is 0 Å². The molecule has 1 aromatic rings. The molecule has 0 amide bonds. The van der Waals surface area contributed by atoms with Crippen LogP contribution in [0.2, 0.25) is 0 Å². The van der Waals surface area contributed by atoms with Gasteiger partial charge in [0.1, 0.15) is 0 Å². The maximum atomic E-state index is 4.39. The molecular formula is C13H24N4. The molecule has 4 heteroatoms. The van der Waals surface area contributed by atoms with Gasteiger partial charge < -0.3 is 10.2 Å². The topological polar surface area (TPSA) is 41.1 Å². The van der Waals surface area contributed by atoms with Gasteiger partial charge in [-0.2, -0.15) is 0 Å². The molecule has 17 heavy (non-hydrogen) atoms. The maximum Gasteiger partial charge on any atom is 0.0782 e. The van der Waals surface area contributed by atoms with Crippen molar-refractivity contribution in [3.8, 4) is 0 Å². The highest BCUT2D eigenvalue weighted by Gasteiger charge is 2.13. The quantitative estimate of drug-likeness (QED) is 0.817. The van der Waals surface area contributed by atoms with E-state index in [0.717, 1.165) is 24.4 Å². The van der Waals surface area contributed by atoms with Crippen molar-refractivity contribution in [1.82, 2.24) is 20.2 Å². The number of aryl methyl sites for hydroxylation is 1. The minimum absolute atomic E-state index is 0.251. The second-order valence-corrected chi connectivity index (χ2v) is 4.91. The molecule has 0 saturated carbocycles. The molecule has 0 aromatic carbocycles.